The second-order valence-corrected chi connectivity index (χ2v) is 5.40. The maximum atomic E-state index is 11.8. The molecule has 1 rings (SSSR count). The van der Waals surface area contributed by atoms with Crippen molar-refractivity contribution in [3.63, 3.8) is 0 Å². The van der Waals surface area contributed by atoms with E-state index >= 15 is 0 Å². The Hall–Kier alpha value is -0.960. The molecular formula is C10H20N4O3S. The highest BCUT2D eigenvalue weighted by Gasteiger charge is 2.15. The first-order chi connectivity index (χ1) is 8.60. The largest absolute Gasteiger partial charge is 0.380 e. The van der Waals surface area contributed by atoms with E-state index in [0.717, 1.165) is 6.54 Å². The number of aromatic nitrogens is 2. The number of hydrogen-bond donors (Lipinski definition) is 2. The van der Waals surface area contributed by atoms with E-state index in [2.05, 4.69) is 15.1 Å². The van der Waals surface area contributed by atoms with Crippen molar-refractivity contribution in [1.29, 1.82) is 0 Å². The van der Waals surface area contributed by atoms with Crippen LogP contribution in [0.4, 0.5) is 0 Å². The van der Waals surface area contributed by atoms with Crippen LogP contribution in [0.3, 0.4) is 0 Å². The normalized spacial score (nSPS) is 11.9. The third kappa shape index (κ3) is 4.73. The molecule has 0 aliphatic rings. The van der Waals surface area contributed by atoms with Crippen molar-refractivity contribution in [3.05, 3.63) is 12.4 Å². The molecule has 1 aromatic rings. The van der Waals surface area contributed by atoms with Crippen LogP contribution >= 0.6 is 0 Å². The molecule has 0 bridgehead atoms. The Labute approximate surface area is 108 Å². The van der Waals surface area contributed by atoms with Crippen molar-refractivity contribution in [2.75, 3.05) is 33.4 Å². The quantitative estimate of drug-likeness (QED) is 0.589. The summed E-state index contributed by atoms with van der Waals surface area (Å²) in [4.78, 5) is 0.176. The second kappa shape index (κ2) is 7.47. The first kappa shape index (κ1) is 15.1. The third-order valence-corrected chi connectivity index (χ3v) is 3.67. The van der Waals surface area contributed by atoms with Gasteiger partial charge in [0.05, 0.1) is 19.3 Å². The van der Waals surface area contributed by atoms with Gasteiger partial charge in [0, 0.05) is 25.9 Å². The molecule has 18 heavy (non-hydrogen) atoms. The van der Waals surface area contributed by atoms with Crippen molar-refractivity contribution < 1.29 is 13.2 Å². The van der Waals surface area contributed by atoms with Crippen LogP contribution in [0.2, 0.25) is 0 Å². The lowest BCUT2D eigenvalue weighted by Gasteiger charge is -2.04. The van der Waals surface area contributed by atoms with E-state index in [1.807, 2.05) is 14.0 Å². The van der Waals surface area contributed by atoms with Gasteiger partial charge in [0.1, 0.15) is 4.90 Å². The molecule has 0 amide bonds. The smallest absolute Gasteiger partial charge is 0.243 e. The standard InChI is InChI=1S/C10H20N4O3S/c1-3-17-7-5-13-18(15,16)10-8-12-14(9-10)6-4-11-2/h8-9,11,13H,3-7H2,1-2H3. The van der Waals surface area contributed by atoms with Crippen LogP contribution in [-0.2, 0) is 21.3 Å². The average molecular weight is 276 g/mol. The van der Waals surface area contributed by atoms with Crippen LogP contribution in [0, 0.1) is 0 Å². The maximum Gasteiger partial charge on any atom is 0.243 e. The van der Waals surface area contributed by atoms with Gasteiger partial charge in [-0.2, -0.15) is 5.10 Å². The highest BCUT2D eigenvalue weighted by atomic mass is 32.2. The number of hydrogen-bond acceptors (Lipinski definition) is 5. The Morgan fingerprint density at radius 2 is 2.22 bits per heavy atom. The molecule has 104 valence electrons. The highest BCUT2D eigenvalue weighted by molar-refractivity contribution is 7.89. The predicted molar refractivity (Wildman–Crippen MR) is 67.8 cm³/mol. The van der Waals surface area contributed by atoms with Crippen LogP contribution in [0.15, 0.2) is 17.3 Å². The number of rotatable bonds is 9. The fraction of sp³-hybridized carbons (Fsp3) is 0.700. The second-order valence-electron chi connectivity index (χ2n) is 3.64. The molecule has 0 spiro atoms. The van der Waals surface area contributed by atoms with Crippen molar-refractivity contribution >= 4 is 10.0 Å². The minimum absolute atomic E-state index is 0.176. The number of nitrogens with one attached hydrogen (secondary N) is 2. The molecule has 1 aromatic heterocycles. The summed E-state index contributed by atoms with van der Waals surface area (Å²) in [5.74, 6) is 0. The predicted octanol–water partition coefficient (Wildman–Crippen LogP) is -0.583. The molecule has 0 aromatic carbocycles. The Kier molecular flexibility index (Phi) is 6.27. The number of sulfonamides is 1. The Balaban J connectivity index is 2.53. The molecule has 0 saturated heterocycles. The monoisotopic (exact) mass is 276 g/mol. The number of ether oxygens (including phenoxy) is 1. The van der Waals surface area contributed by atoms with E-state index in [1.54, 1.807) is 4.68 Å². The summed E-state index contributed by atoms with van der Waals surface area (Å²) in [6, 6.07) is 0. The minimum Gasteiger partial charge on any atom is -0.380 e. The van der Waals surface area contributed by atoms with Gasteiger partial charge in [-0.05, 0) is 14.0 Å². The zero-order chi connectivity index (χ0) is 13.4. The Morgan fingerprint density at radius 3 is 2.89 bits per heavy atom. The molecule has 1 heterocycles. The fourth-order valence-electron chi connectivity index (χ4n) is 1.31. The van der Waals surface area contributed by atoms with E-state index < -0.39 is 10.0 Å². The summed E-state index contributed by atoms with van der Waals surface area (Å²) < 4.78 is 32.8. The van der Waals surface area contributed by atoms with Crippen molar-refractivity contribution in [1.82, 2.24) is 19.8 Å². The first-order valence-corrected chi connectivity index (χ1v) is 7.33. The van der Waals surface area contributed by atoms with E-state index in [9.17, 15) is 8.42 Å². The summed E-state index contributed by atoms with van der Waals surface area (Å²) >= 11 is 0. The van der Waals surface area contributed by atoms with Gasteiger partial charge in [0.15, 0.2) is 0 Å². The van der Waals surface area contributed by atoms with Gasteiger partial charge >= 0.3 is 0 Å². The van der Waals surface area contributed by atoms with Crippen LogP contribution in [0.25, 0.3) is 0 Å². The molecule has 0 unspecified atom stereocenters. The van der Waals surface area contributed by atoms with E-state index in [4.69, 9.17) is 4.74 Å². The van der Waals surface area contributed by atoms with Crippen LogP contribution in [-0.4, -0.2) is 51.5 Å². The summed E-state index contributed by atoms with van der Waals surface area (Å²) in [6.07, 6.45) is 2.86. The fourth-order valence-corrected chi connectivity index (χ4v) is 2.27. The lowest BCUT2D eigenvalue weighted by Crippen LogP contribution is -2.27. The van der Waals surface area contributed by atoms with E-state index in [-0.39, 0.29) is 11.4 Å². The molecule has 8 heteroatoms. The van der Waals surface area contributed by atoms with Crippen molar-refractivity contribution in [3.8, 4) is 0 Å². The SMILES string of the molecule is CCOCCNS(=O)(=O)c1cnn(CCNC)c1. The summed E-state index contributed by atoms with van der Waals surface area (Å²) in [7, 11) is -1.65. The lowest BCUT2D eigenvalue weighted by atomic mass is 10.6. The van der Waals surface area contributed by atoms with Gasteiger partial charge in [0.25, 0.3) is 0 Å². The molecule has 0 saturated carbocycles. The van der Waals surface area contributed by atoms with Gasteiger partial charge in [-0.15, -0.1) is 0 Å². The molecular weight excluding hydrogens is 256 g/mol. The Bertz CT molecular complexity index is 444. The number of likely N-dealkylation sites (N-methyl/N-ethyl adjacent to an activating group) is 1. The summed E-state index contributed by atoms with van der Waals surface area (Å²) in [6.45, 7) is 4.43. The van der Waals surface area contributed by atoms with Gasteiger partial charge in [-0.25, -0.2) is 13.1 Å². The third-order valence-electron chi connectivity index (χ3n) is 2.25. The van der Waals surface area contributed by atoms with Crippen LogP contribution in [0.1, 0.15) is 6.92 Å². The van der Waals surface area contributed by atoms with E-state index in [1.165, 1.54) is 12.4 Å². The molecule has 7 nitrogen and oxygen atoms in total. The van der Waals surface area contributed by atoms with Gasteiger partial charge in [-0.3, -0.25) is 4.68 Å². The highest BCUT2D eigenvalue weighted by Crippen LogP contribution is 2.06. The minimum atomic E-state index is -3.48. The van der Waals surface area contributed by atoms with Gasteiger partial charge in [0.2, 0.25) is 10.0 Å². The molecule has 0 atom stereocenters. The van der Waals surface area contributed by atoms with E-state index in [0.29, 0.717) is 19.8 Å². The zero-order valence-corrected chi connectivity index (χ0v) is 11.5. The van der Waals surface area contributed by atoms with Gasteiger partial charge < -0.3 is 10.1 Å². The summed E-state index contributed by atoms with van der Waals surface area (Å²) in [5, 5.41) is 6.96. The number of nitrogens with zero attached hydrogens (tertiary/aromatic N) is 2. The van der Waals surface area contributed by atoms with Crippen molar-refractivity contribution in [2.45, 2.75) is 18.4 Å². The van der Waals surface area contributed by atoms with Crippen molar-refractivity contribution in [2.24, 2.45) is 0 Å². The molecule has 0 fully saturated rings. The molecule has 0 radical (unpaired) electrons. The Morgan fingerprint density at radius 1 is 1.44 bits per heavy atom. The molecule has 0 aliphatic heterocycles. The molecule has 0 aliphatic carbocycles. The zero-order valence-electron chi connectivity index (χ0n) is 10.7. The van der Waals surface area contributed by atoms with Crippen LogP contribution < -0.4 is 10.0 Å². The average Bonchev–Trinajstić information content (AvgIpc) is 2.81. The maximum absolute atomic E-state index is 11.8. The lowest BCUT2D eigenvalue weighted by molar-refractivity contribution is 0.153. The first-order valence-electron chi connectivity index (χ1n) is 5.84. The van der Waals surface area contributed by atoms with Crippen LogP contribution in [0.5, 0.6) is 0 Å². The molecule has 2 N–H and O–H groups in total. The summed E-state index contributed by atoms with van der Waals surface area (Å²) in [5.41, 5.74) is 0. The topological polar surface area (TPSA) is 85.2 Å². The van der Waals surface area contributed by atoms with Gasteiger partial charge in [-0.1, -0.05) is 0 Å².